The van der Waals surface area contributed by atoms with Crippen LogP contribution < -0.4 is 0 Å². The first-order valence-electron chi connectivity index (χ1n) is 18.8. The summed E-state index contributed by atoms with van der Waals surface area (Å²) in [6, 6.07) is 60.3. The highest BCUT2D eigenvalue weighted by Gasteiger charge is 2.22. The van der Waals surface area contributed by atoms with Crippen LogP contribution in [-0.2, 0) is 0 Å². The summed E-state index contributed by atoms with van der Waals surface area (Å²) >= 11 is 0. The number of nitrogens with zero attached hydrogens (tertiary/aromatic N) is 6. The zero-order valence-corrected chi connectivity index (χ0v) is 30.0. The maximum atomic E-state index is 5.06. The Balaban J connectivity index is 1.14. The quantitative estimate of drug-likeness (QED) is 0.178. The summed E-state index contributed by atoms with van der Waals surface area (Å²) in [4.78, 5) is 19.2. The Kier molecular flexibility index (Phi) is 6.53. The van der Waals surface area contributed by atoms with E-state index in [2.05, 4.69) is 141 Å². The molecule has 0 amide bonds. The first-order chi connectivity index (χ1) is 27.8. The van der Waals surface area contributed by atoms with Crippen LogP contribution in [0.3, 0.4) is 0 Å². The van der Waals surface area contributed by atoms with Crippen LogP contribution in [0, 0.1) is 0 Å². The molecule has 12 aromatic rings. The van der Waals surface area contributed by atoms with Gasteiger partial charge in [-0.15, -0.1) is 0 Å². The minimum atomic E-state index is 0.608. The van der Waals surface area contributed by atoms with E-state index in [-0.39, 0.29) is 0 Å². The van der Waals surface area contributed by atoms with Crippen molar-refractivity contribution >= 4 is 59.9 Å². The van der Waals surface area contributed by atoms with Gasteiger partial charge in [-0.25, -0.2) is 15.0 Å². The third-order valence-corrected chi connectivity index (χ3v) is 11.2. The predicted molar refractivity (Wildman–Crippen MR) is 228 cm³/mol. The van der Waals surface area contributed by atoms with Crippen molar-refractivity contribution in [2.75, 3.05) is 0 Å². The molecule has 0 aliphatic carbocycles. The smallest absolute Gasteiger partial charge is 0.164 e. The van der Waals surface area contributed by atoms with E-state index in [9.17, 15) is 0 Å². The van der Waals surface area contributed by atoms with E-state index in [1.807, 2.05) is 42.5 Å². The van der Waals surface area contributed by atoms with E-state index in [4.69, 9.17) is 15.0 Å². The zero-order valence-electron chi connectivity index (χ0n) is 30.0. The predicted octanol–water partition coefficient (Wildman–Crippen LogP) is 12.2. The molecule has 0 bridgehead atoms. The van der Waals surface area contributed by atoms with Crippen LogP contribution >= 0.6 is 0 Å². The van der Waals surface area contributed by atoms with Crippen LogP contribution in [0.2, 0.25) is 0 Å². The van der Waals surface area contributed by atoms with Crippen LogP contribution in [0.25, 0.3) is 111 Å². The fourth-order valence-electron chi connectivity index (χ4n) is 8.74. The first-order valence-corrected chi connectivity index (χ1v) is 18.8. The van der Waals surface area contributed by atoms with Gasteiger partial charge in [0.1, 0.15) is 0 Å². The van der Waals surface area contributed by atoms with Crippen molar-refractivity contribution in [1.82, 2.24) is 28.9 Å². The third kappa shape index (κ3) is 4.50. The van der Waals surface area contributed by atoms with Gasteiger partial charge in [-0.1, -0.05) is 103 Å². The molecule has 6 nitrogen and oxygen atoms in total. The lowest BCUT2D eigenvalue weighted by Gasteiger charge is -2.12. The maximum absolute atomic E-state index is 5.06. The molecule has 5 aromatic heterocycles. The summed E-state index contributed by atoms with van der Waals surface area (Å²) < 4.78 is 4.85. The highest BCUT2D eigenvalue weighted by Crippen LogP contribution is 2.45. The van der Waals surface area contributed by atoms with E-state index < -0.39 is 0 Å². The van der Waals surface area contributed by atoms with E-state index in [1.54, 1.807) is 12.4 Å². The Bertz CT molecular complexity index is 3320. The molecule has 0 aliphatic heterocycles. The second-order valence-electron chi connectivity index (χ2n) is 14.3. The van der Waals surface area contributed by atoms with Gasteiger partial charge in [0, 0.05) is 72.7 Å². The van der Waals surface area contributed by atoms with Gasteiger partial charge in [0.25, 0.3) is 0 Å². The fourth-order valence-corrected chi connectivity index (χ4v) is 8.74. The fraction of sp³-hybridized carbons (Fsp3) is 0. The largest absolute Gasteiger partial charge is 0.309 e. The Morgan fingerprint density at radius 3 is 1.57 bits per heavy atom. The maximum Gasteiger partial charge on any atom is 0.164 e. The minimum absolute atomic E-state index is 0.608. The summed E-state index contributed by atoms with van der Waals surface area (Å²) in [5, 5.41) is 7.34. The zero-order chi connectivity index (χ0) is 36.7. The minimum Gasteiger partial charge on any atom is -0.309 e. The Morgan fingerprint density at radius 1 is 0.339 bits per heavy atom. The van der Waals surface area contributed by atoms with E-state index in [0.717, 1.165) is 44.2 Å². The van der Waals surface area contributed by atoms with Gasteiger partial charge in [-0.3, -0.25) is 4.98 Å². The summed E-state index contributed by atoms with van der Waals surface area (Å²) in [5.74, 6) is 1.85. The lowest BCUT2D eigenvalue weighted by atomic mass is 9.97. The third-order valence-electron chi connectivity index (χ3n) is 11.2. The van der Waals surface area contributed by atoms with Gasteiger partial charge in [0.05, 0.1) is 27.6 Å². The van der Waals surface area contributed by atoms with Gasteiger partial charge in [0.2, 0.25) is 0 Å². The van der Waals surface area contributed by atoms with Gasteiger partial charge >= 0.3 is 0 Å². The average molecular weight is 715 g/mol. The number of benzene rings is 7. The number of hydrogen-bond acceptors (Lipinski definition) is 4. The molecule has 0 atom stereocenters. The molecule has 6 heteroatoms. The molecule has 0 N–H and O–H groups in total. The lowest BCUT2D eigenvalue weighted by molar-refractivity contribution is 1.07. The van der Waals surface area contributed by atoms with Crippen LogP contribution in [-0.4, -0.2) is 28.9 Å². The van der Waals surface area contributed by atoms with Crippen molar-refractivity contribution in [3.05, 3.63) is 182 Å². The molecule has 260 valence electrons. The van der Waals surface area contributed by atoms with E-state index >= 15 is 0 Å². The highest BCUT2D eigenvalue weighted by molar-refractivity contribution is 6.25. The molecule has 0 fully saturated rings. The number of aromatic nitrogens is 6. The standard InChI is InChI=1S/C50H30N6/c1-3-12-31(13-4-1)48-52-49(32-24-26-51-27-25-32)54-50(53-48)33-22-23-45-40(28-33)39-19-11-18-36(46(39)55(45)35-14-5-2-6-15-35)34-29-41-37-16-7-9-20-43(37)56-44-21-10-8-17-38(44)42(30-34)47(41)56/h1-30H. The SMILES string of the molecule is c1ccc(-c2nc(-c3ccncc3)nc(-c3ccc4c(c3)c3cccc(-c5cc6c7ccccc7n7c8ccccc8c(c5)c67)c3n4-c3ccccc3)n2)cc1. The molecule has 56 heavy (non-hydrogen) atoms. The number of rotatable bonds is 5. The second-order valence-corrected chi connectivity index (χ2v) is 14.3. The number of hydrogen-bond donors (Lipinski definition) is 0. The summed E-state index contributed by atoms with van der Waals surface area (Å²) in [6.07, 6.45) is 3.54. The van der Waals surface area contributed by atoms with E-state index in [1.165, 1.54) is 49.2 Å². The van der Waals surface area contributed by atoms with Gasteiger partial charge in [-0.05, 0) is 72.3 Å². The molecule has 7 aromatic carbocycles. The number of fused-ring (bicyclic) bond motifs is 9. The van der Waals surface area contributed by atoms with Crippen LogP contribution in [0.4, 0.5) is 0 Å². The first kappa shape index (κ1) is 30.7. The van der Waals surface area contributed by atoms with Gasteiger partial charge < -0.3 is 8.97 Å². The topological polar surface area (TPSA) is 60.9 Å². The number of para-hydroxylation sites is 4. The average Bonchev–Trinajstić information content (AvgIpc) is 3.92. The lowest BCUT2D eigenvalue weighted by Crippen LogP contribution is -2.00. The van der Waals surface area contributed by atoms with Crippen molar-refractivity contribution in [3.63, 3.8) is 0 Å². The van der Waals surface area contributed by atoms with Crippen molar-refractivity contribution in [2.24, 2.45) is 0 Å². The van der Waals surface area contributed by atoms with E-state index in [0.29, 0.717) is 17.5 Å². The summed E-state index contributed by atoms with van der Waals surface area (Å²) in [5.41, 5.74) is 12.2. The summed E-state index contributed by atoms with van der Waals surface area (Å²) in [6.45, 7) is 0. The van der Waals surface area contributed by atoms with Crippen LogP contribution in [0.5, 0.6) is 0 Å². The Morgan fingerprint density at radius 2 is 0.893 bits per heavy atom. The van der Waals surface area contributed by atoms with Crippen LogP contribution in [0.1, 0.15) is 0 Å². The molecule has 12 rings (SSSR count). The monoisotopic (exact) mass is 714 g/mol. The second kappa shape index (κ2) is 11.9. The van der Waals surface area contributed by atoms with Crippen molar-refractivity contribution < 1.29 is 0 Å². The molecule has 0 spiro atoms. The number of pyridine rings is 1. The highest BCUT2D eigenvalue weighted by atomic mass is 15.0. The Hall–Kier alpha value is -7.70. The molecular formula is C50H30N6. The molecular weight excluding hydrogens is 685 g/mol. The van der Waals surface area contributed by atoms with Crippen molar-refractivity contribution in [2.45, 2.75) is 0 Å². The molecule has 5 heterocycles. The van der Waals surface area contributed by atoms with Gasteiger partial charge in [0.15, 0.2) is 17.5 Å². The Labute approximate surface area is 321 Å². The van der Waals surface area contributed by atoms with Crippen molar-refractivity contribution in [3.8, 4) is 51.0 Å². The molecule has 0 aliphatic rings. The normalized spacial score (nSPS) is 11.9. The molecule has 0 saturated carbocycles. The van der Waals surface area contributed by atoms with Gasteiger partial charge in [-0.2, -0.15) is 0 Å². The summed E-state index contributed by atoms with van der Waals surface area (Å²) in [7, 11) is 0. The van der Waals surface area contributed by atoms with Crippen molar-refractivity contribution in [1.29, 1.82) is 0 Å². The molecule has 0 unspecified atom stereocenters. The molecule has 0 saturated heterocycles. The molecule has 0 radical (unpaired) electrons. The van der Waals surface area contributed by atoms with Crippen LogP contribution in [0.15, 0.2) is 182 Å².